The van der Waals surface area contributed by atoms with E-state index in [0.717, 1.165) is 17.7 Å². The van der Waals surface area contributed by atoms with Gasteiger partial charge in [0, 0.05) is 5.56 Å². The lowest BCUT2D eigenvalue weighted by Crippen LogP contribution is -2.04. The molecule has 3 rings (SSSR count). The summed E-state index contributed by atoms with van der Waals surface area (Å²) < 4.78 is 49.7. The van der Waals surface area contributed by atoms with E-state index in [4.69, 9.17) is 14.6 Å². The maximum Gasteiger partial charge on any atom is 0.416 e. The Morgan fingerprint density at radius 3 is 2.36 bits per heavy atom. The first-order valence-corrected chi connectivity index (χ1v) is 10.0. The summed E-state index contributed by atoms with van der Waals surface area (Å²) in [4.78, 5) is 11.1. The minimum atomic E-state index is -4.39. The van der Waals surface area contributed by atoms with Crippen LogP contribution in [-0.4, -0.2) is 17.7 Å². The number of carboxylic acids is 1. The summed E-state index contributed by atoms with van der Waals surface area (Å²) in [6.45, 7) is 3.68. The van der Waals surface area contributed by atoms with E-state index in [2.05, 4.69) is 11.8 Å². The van der Waals surface area contributed by atoms with E-state index in [-0.39, 0.29) is 13.0 Å². The highest BCUT2D eigenvalue weighted by atomic mass is 19.4. The summed E-state index contributed by atoms with van der Waals surface area (Å²) in [7, 11) is 0. The first kappa shape index (κ1) is 23.7. The molecule has 0 radical (unpaired) electrons. The molecule has 0 spiro atoms. The van der Waals surface area contributed by atoms with Crippen molar-refractivity contribution in [2.45, 2.75) is 26.4 Å². The maximum atomic E-state index is 12.6. The molecule has 3 aromatic carbocycles. The molecule has 0 aromatic heterocycles. The van der Waals surface area contributed by atoms with Crippen LogP contribution in [0.5, 0.6) is 17.2 Å². The lowest BCUT2D eigenvalue weighted by atomic mass is 10.0. The van der Waals surface area contributed by atoms with Gasteiger partial charge in [-0.25, -0.2) is 0 Å². The molecule has 33 heavy (non-hydrogen) atoms. The molecule has 4 nitrogen and oxygen atoms in total. The standard InChI is InChI=1S/C26H21F3O4/c1-17-8-13-23(33-22-7-3-6-20(18(22)2)16-25(30)31)24(15-17)32-14-4-5-19-9-11-21(12-10-19)26(27,28)29/h3,6-13,15H,14,16H2,1-2H3,(H,30,31). The number of carboxylic acid groups (broad SMARTS) is 1. The molecule has 0 aliphatic heterocycles. The number of carbonyl (C=O) groups is 1. The number of rotatable bonds is 6. The van der Waals surface area contributed by atoms with Gasteiger partial charge >= 0.3 is 12.1 Å². The van der Waals surface area contributed by atoms with Crippen molar-refractivity contribution in [1.29, 1.82) is 0 Å². The molecular formula is C26H21F3O4. The summed E-state index contributed by atoms with van der Waals surface area (Å²) in [5.41, 5.74) is 2.02. The number of hydrogen-bond donors (Lipinski definition) is 1. The Bertz CT molecular complexity index is 1200. The number of halogens is 3. The van der Waals surface area contributed by atoms with Crippen LogP contribution >= 0.6 is 0 Å². The third-order valence-electron chi connectivity index (χ3n) is 4.80. The van der Waals surface area contributed by atoms with Crippen molar-refractivity contribution in [2.75, 3.05) is 6.61 Å². The van der Waals surface area contributed by atoms with Gasteiger partial charge in [0.2, 0.25) is 0 Å². The van der Waals surface area contributed by atoms with Crippen LogP contribution in [0.25, 0.3) is 0 Å². The minimum Gasteiger partial charge on any atom is -0.481 e. The lowest BCUT2D eigenvalue weighted by molar-refractivity contribution is -0.138. The van der Waals surface area contributed by atoms with E-state index in [1.165, 1.54) is 12.1 Å². The summed E-state index contributed by atoms with van der Waals surface area (Å²) >= 11 is 0. The van der Waals surface area contributed by atoms with Gasteiger partial charge in [-0.15, -0.1) is 0 Å². The van der Waals surface area contributed by atoms with Gasteiger partial charge in [0.15, 0.2) is 11.5 Å². The third-order valence-corrected chi connectivity index (χ3v) is 4.80. The van der Waals surface area contributed by atoms with E-state index < -0.39 is 17.7 Å². The molecule has 0 saturated carbocycles. The van der Waals surface area contributed by atoms with Crippen LogP contribution in [0.2, 0.25) is 0 Å². The van der Waals surface area contributed by atoms with E-state index in [0.29, 0.717) is 33.9 Å². The van der Waals surface area contributed by atoms with Gasteiger partial charge in [-0.3, -0.25) is 4.79 Å². The first-order chi connectivity index (χ1) is 15.6. The summed E-state index contributed by atoms with van der Waals surface area (Å²) in [5.74, 6) is 6.02. The summed E-state index contributed by atoms with van der Waals surface area (Å²) in [6.07, 6.45) is -4.50. The zero-order valence-corrected chi connectivity index (χ0v) is 18.0. The molecular weight excluding hydrogens is 433 g/mol. The van der Waals surface area contributed by atoms with Crippen LogP contribution < -0.4 is 9.47 Å². The second-order valence-corrected chi connectivity index (χ2v) is 7.33. The van der Waals surface area contributed by atoms with Crippen molar-refractivity contribution in [1.82, 2.24) is 0 Å². The maximum absolute atomic E-state index is 12.6. The second-order valence-electron chi connectivity index (χ2n) is 7.33. The van der Waals surface area contributed by atoms with Gasteiger partial charge in [0.05, 0.1) is 12.0 Å². The topological polar surface area (TPSA) is 55.8 Å². The fourth-order valence-corrected chi connectivity index (χ4v) is 3.05. The Morgan fingerprint density at radius 2 is 1.70 bits per heavy atom. The second kappa shape index (κ2) is 10.1. The van der Waals surface area contributed by atoms with E-state index >= 15 is 0 Å². The minimum absolute atomic E-state index is 0.00112. The molecule has 0 saturated heterocycles. The van der Waals surface area contributed by atoms with Crippen molar-refractivity contribution >= 4 is 5.97 Å². The first-order valence-electron chi connectivity index (χ1n) is 10.0. The van der Waals surface area contributed by atoms with Crippen LogP contribution in [0.15, 0.2) is 60.7 Å². The molecule has 170 valence electrons. The van der Waals surface area contributed by atoms with Gasteiger partial charge in [-0.05, 0) is 73.0 Å². The van der Waals surface area contributed by atoms with Gasteiger partial charge in [0.1, 0.15) is 12.4 Å². The monoisotopic (exact) mass is 454 g/mol. The highest BCUT2D eigenvalue weighted by molar-refractivity contribution is 5.71. The molecule has 0 amide bonds. The average Bonchev–Trinajstić information content (AvgIpc) is 2.75. The fourth-order valence-electron chi connectivity index (χ4n) is 3.05. The van der Waals surface area contributed by atoms with Crippen molar-refractivity contribution in [2.24, 2.45) is 0 Å². The number of benzene rings is 3. The zero-order chi connectivity index (χ0) is 24.0. The van der Waals surface area contributed by atoms with Crippen LogP contribution in [0.3, 0.4) is 0 Å². The Balaban J connectivity index is 1.73. The van der Waals surface area contributed by atoms with Gasteiger partial charge in [-0.2, -0.15) is 13.2 Å². The molecule has 0 bridgehead atoms. The van der Waals surface area contributed by atoms with E-state index in [1.807, 2.05) is 13.0 Å². The highest BCUT2D eigenvalue weighted by Gasteiger charge is 2.29. The Morgan fingerprint density at radius 1 is 0.970 bits per heavy atom. The predicted octanol–water partition coefficient (Wildman–Crippen LogP) is 6.17. The summed E-state index contributed by atoms with van der Waals surface area (Å²) in [5, 5.41) is 9.07. The fraction of sp³-hybridized carbons (Fsp3) is 0.192. The van der Waals surface area contributed by atoms with Gasteiger partial charge in [0.25, 0.3) is 0 Å². The molecule has 1 N–H and O–H groups in total. The number of hydrogen-bond acceptors (Lipinski definition) is 3. The number of aryl methyl sites for hydroxylation is 1. The Labute approximate surface area is 189 Å². The van der Waals surface area contributed by atoms with Crippen molar-refractivity contribution < 1.29 is 32.5 Å². The molecule has 3 aromatic rings. The smallest absolute Gasteiger partial charge is 0.416 e. The number of aliphatic carboxylic acids is 1. The Kier molecular flexibility index (Phi) is 7.29. The predicted molar refractivity (Wildman–Crippen MR) is 118 cm³/mol. The van der Waals surface area contributed by atoms with E-state index in [1.54, 1.807) is 37.3 Å². The van der Waals surface area contributed by atoms with Crippen LogP contribution in [-0.2, 0) is 17.4 Å². The van der Waals surface area contributed by atoms with Crippen LogP contribution in [0.4, 0.5) is 13.2 Å². The molecule has 0 atom stereocenters. The van der Waals surface area contributed by atoms with Gasteiger partial charge < -0.3 is 14.6 Å². The van der Waals surface area contributed by atoms with E-state index in [9.17, 15) is 18.0 Å². The molecule has 0 aliphatic carbocycles. The zero-order valence-electron chi connectivity index (χ0n) is 18.0. The van der Waals surface area contributed by atoms with Crippen LogP contribution in [0.1, 0.15) is 27.8 Å². The molecule has 7 heteroatoms. The van der Waals surface area contributed by atoms with Gasteiger partial charge in [-0.1, -0.05) is 30.0 Å². The molecule has 0 aliphatic rings. The molecule has 0 heterocycles. The third kappa shape index (κ3) is 6.53. The highest BCUT2D eigenvalue weighted by Crippen LogP contribution is 2.35. The van der Waals surface area contributed by atoms with Crippen molar-refractivity contribution in [3.05, 3.63) is 88.5 Å². The van der Waals surface area contributed by atoms with Crippen LogP contribution in [0, 0.1) is 25.7 Å². The molecule has 0 unspecified atom stereocenters. The largest absolute Gasteiger partial charge is 0.481 e. The average molecular weight is 454 g/mol. The van der Waals surface area contributed by atoms with Crippen molar-refractivity contribution in [3.63, 3.8) is 0 Å². The molecule has 0 fully saturated rings. The quantitative estimate of drug-likeness (QED) is 0.453. The number of alkyl halides is 3. The normalized spacial score (nSPS) is 10.8. The lowest BCUT2D eigenvalue weighted by Gasteiger charge is -2.15. The van der Waals surface area contributed by atoms with Crippen molar-refractivity contribution in [3.8, 4) is 29.1 Å². The Hall–Kier alpha value is -3.92. The SMILES string of the molecule is Cc1ccc(Oc2cccc(CC(=O)O)c2C)c(OCC#Cc2ccc(C(F)(F)F)cc2)c1. The summed E-state index contributed by atoms with van der Waals surface area (Å²) in [6, 6.07) is 15.2. The number of ether oxygens (including phenoxy) is 2.